The van der Waals surface area contributed by atoms with E-state index in [2.05, 4.69) is 15.2 Å². The summed E-state index contributed by atoms with van der Waals surface area (Å²) in [6.07, 6.45) is 3.37. The lowest BCUT2D eigenvalue weighted by atomic mass is 9.96. The third-order valence-electron chi connectivity index (χ3n) is 4.88. The molecule has 1 atom stereocenters. The number of hydrogen-bond donors (Lipinski definition) is 1. The van der Waals surface area contributed by atoms with E-state index in [-0.39, 0.29) is 17.8 Å². The molecule has 1 saturated heterocycles. The van der Waals surface area contributed by atoms with Gasteiger partial charge in [0, 0.05) is 25.5 Å². The van der Waals surface area contributed by atoms with Gasteiger partial charge in [-0.15, -0.1) is 0 Å². The van der Waals surface area contributed by atoms with Gasteiger partial charge in [-0.05, 0) is 49.2 Å². The molecule has 2 heterocycles. The van der Waals surface area contributed by atoms with Crippen molar-refractivity contribution in [1.82, 2.24) is 15.2 Å². The number of carbonyl (C=O) groups excluding carboxylic acids is 1. The van der Waals surface area contributed by atoms with Gasteiger partial charge >= 0.3 is 0 Å². The predicted molar refractivity (Wildman–Crippen MR) is 97.1 cm³/mol. The number of nitrogens with zero attached hydrogens (tertiary/aromatic N) is 2. The van der Waals surface area contributed by atoms with Crippen LogP contribution in [0.15, 0.2) is 48.8 Å². The Kier molecular flexibility index (Phi) is 5.64. The third-order valence-corrected chi connectivity index (χ3v) is 4.88. The van der Waals surface area contributed by atoms with Crippen molar-refractivity contribution in [2.24, 2.45) is 0 Å². The van der Waals surface area contributed by atoms with Crippen molar-refractivity contribution in [1.29, 1.82) is 0 Å². The van der Waals surface area contributed by atoms with Crippen molar-refractivity contribution in [3.63, 3.8) is 0 Å². The van der Waals surface area contributed by atoms with Gasteiger partial charge in [-0.1, -0.05) is 12.1 Å². The van der Waals surface area contributed by atoms with E-state index in [4.69, 9.17) is 4.74 Å². The molecule has 2 aromatic rings. The fourth-order valence-electron chi connectivity index (χ4n) is 3.14. The quantitative estimate of drug-likeness (QED) is 0.894. The fraction of sp³-hybridized carbons (Fsp3) is 0.400. The molecule has 1 N–H and O–H groups in total. The number of aromatic nitrogens is 1. The van der Waals surface area contributed by atoms with Crippen molar-refractivity contribution in [2.45, 2.75) is 25.4 Å². The molecule has 138 valence electrons. The summed E-state index contributed by atoms with van der Waals surface area (Å²) in [5.41, 5.74) is 1.05. The van der Waals surface area contributed by atoms with E-state index in [0.29, 0.717) is 13.2 Å². The van der Waals surface area contributed by atoms with E-state index in [1.165, 1.54) is 12.1 Å². The first-order chi connectivity index (χ1) is 12.5. The van der Waals surface area contributed by atoms with Crippen LogP contribution in [0.5, 0.6) is 0 Å². The summed E-state index contributed by atoms with van der Waals surface area (Å²) >= 11 is 0. The van der Waals surface area contributed by atoms with Crippen LogP contribution in [-0.2, 0) is 9.53 Å². The lowest BCUT2D eigenvalue weighted by Crippen LogP contribution is -2.58. The number of nitrogens with one attached hydrogen (secondary N) is 1. The van der Waals surface area contributed by atoms with E-state index < -0.39 is 5.54 Å². The number of hydrogen-bond acceptors (Lipinski definition) is 4. The summed E-state index contributed by atoms with van der Waals surface area (Å²) in [6.45, 7) is 6.53. The molecular weight excluding hydrogens is 333 g/mol. The molecule has 0 spiro atoms. The van der Waals surface area contributed by atoms with Gasteiger partial charge in [0.2, 0.25) is 5.91 Å². The number of amides is 1. The van der Waals surface area contributed by atoms with Crippen molar-refractivity contribution in [3.8, 4) is 0 Å². The van der Waals surface area contributed by atoms with Crippen molar-refractivity contribution >= 4 is 5.91 Å². The maximum Gasteiger partial charge on any atom is 0.240 e. The first-order valence-corrected chi connectivity index (χ1v) is 8.77. The Morgan fingerprint density at radius 3 is 2.31 bits per heavy atom. The van der Waals surface area contributed by atoms with E-state index >= 15 is 0 Å². The normalized spacial score (nSPS) is 16.9. The van der Waals surface area contributed by atoms with Crippen LogP contribution in [0.4, 0.5) is 4.39 Å². The Hall–Kier alpha value is -2.31. The fourth-order valence-corrected chi connectivity index (χ4v) is 3.14. The molecule has 1 aliphatic heterocycles. The molecular formula is C20H24FN3O2. The first kappa shape index (κ1) is 18.5. The third kappa shape index (κ3) is 4.08. The summed E-state index contributed by atoms with van der Waals surface area (Å²) in [5.74, 6) is -0.382. The van der Waals surface area contributed by atoms with Crippen LogP contribution < -0.4 is 5.32 Å². The summed E-state index contributed by atoms with van der Waals surface area (Å²) < 4.78 is 18.7. The molecule has 3 rings (SSSR count). The van der Waals surface area contributed by atoms with Gasteiger partial charge in [-0.25, -0.2) is 4.39 Å². The Balaban J connectivity index is 1.85. The zero-order chi connectivity index (χ0) is 18.6. The van der Waals surface area contributed by atoms with Crippen molar-refractivity contribution in [2.75, 3.05) is 26.3 Å². The summed E-state index contributed by atoms with van der Waals surface area (Å²) in [6, 6.07) is 9.55. The van der Waals surface area contributed by atoms with Gasteiger partial charge in [-0.2, -0.15) is 0 Å². The highest BCUT2D eigenvalue weighted by molar-refractivity contribution is 5.86. The minimum atomic E-state index is -0.672. The highest BCUT2D eigenvalue weighted by Gasteiger charge is 2.36. The second kappa shape index (κ2) is 7.93. The van der Waals surface area contributed by atoms with E-state index in [1.54, 1.807) is 24.5 Å². The zero-order valence-corrected chi connectivity index (χ0v) is 15.1. The smallest absolute Gasteiger partial charge is 0.240 e. The van der Waals surface area contributed by atoms with Gasteiger partial charge in [0.25, 0.3) is 0 Å². The Bertz CT molecular complexity index is 728. The largest absolute Gasteiger partial charge is 0.379 e. The van der Waals surface area contributed by atoms with Gasteiger partial charge < -0.3 is 10.1 Å². The number of pyridine rings is 1. The molecule has 1 fully saturated rings. The predicted octanol–water partition coefficient (Wildman–Crippen LogP) is 2.54. The number of ether oxygens (including phenoxy) is 1. The van der Waals surface area contributed by atoms with Crippen molar-refractivity contribution < 1.29 is 13.9 Å². The lowest BCUT2D eigenvalue weighted by Gasteiger charge is -2.40. The molecule has 26 heavy (non-hydrogen) atoms. The van der Waals surface area contributed by atoms with E-state index in [9.17, 15) is 9.18 Å². The van der Waals surface area contributed by atoms with Crippen LogP contribution in [0.25, 0.3) is 0 Å². The molecule has 0 unspecified atom stereocenters. The molecule has 5 nitrogen and oxygen atoms in total. The van der Waals surface area contributed by atoms with Gasteiger partial charge in [0.1, 0.15) is 5.82 Å². The second-order valence-electron chi connectivity index (χ2n) is 6.90. The average molecular weight is 357 g/mol. The molecule has 1 amide bonds. The highest BCUT2D eigenvalue weighted by Crippen LogP contribution is 2.24. The average Bonchev–Trinajstić information content (AvgIpc) is 2.68. The number of rotatable bonds is 5. The van der Waals surface area contributed by atoms with Crippen LogP contribution in [0.1, 0.15) is 31.0 Å². The summed E-state index contributed by atoms with van der Waals surface area (Å²) in [7, 11) is 0. The van der Waals surface area contributed by atoms with Crippen LogP contribution in [0.3, 0.4) is 0 Å². The molecule has 6 heteroatoms. The number of halogens is 1. The number of carbonyl (C=O) groups is 1. The standard InChI is InChI=1S/C20H24FN3O2/c1-20(2,24-11-13-26-14-12-24)19(25)23-18(16-7-9-22-10-8-16)15-3-5-17(21)6-4-15/h3-10,18H,11-14H2,1-2H3,(H,23,25)/t18-/m0/s1. The van der Waals surface area contributed by atoms with Gasteiger partial charge in [0.05, 0.1) is 24.8 Å². The SMILES string of the molecule is CC(C)(C(=O)N[C@H](c1ccncc1)c1ccc(F)cc1)N1CCOCC1. The minimum absolute atomic E-state index is 0.0782. The Morgan fingerprint density at radius 2 is 1.69 bits per heavy atom. The second-order valence-corrected chi connectivity index (χ2v) is 6.90. The van der Waals surface area contributed by atoms with Crippen LogP contribution >= 0.6 is 0 Å². The molecule has 0 saturated carbocycles. The van der Waals surface area contributed by atoms with Crippen LogP contribution in [0, 0.1) is 5.82 Å². The van der Waals surface area contributed by atoms with Gasteiger partial charge in [-0.3, -0.25) is 14.7 Å². The number of benzene rings is 1. The van der Waals surface area contributed by atoms with E-state index in [0.717, 1.165) is 24.2 Å². The summed E-state index contributed by atoms with van der Waals surface area (Å²) in [5, 5.41) is 3.13. The zero-order valence-electron chi connectivity index (χ0n) is 15.1. The maximum atomic E-state index is 13.3. The van der Waals surface area contributed by atoms with Gasteiger partial charge in [0.15, 0.2) is 0 Å². The van der Waals surface area contributed by atoms with Crippen molar-refractivity contribution in [3.05, 3.63) is 65.7 Å². The molecule has 1 aromatic heterocycles. The lowest BCUT2D eigenvalue weighted by molar-refractivity contribution is -0.135. The minimum Gasteiger partial charge on any atom is -0.379 e. The molecule has 0 bridgehead atoms. The summed E-state index contributed by atoms with van der Waals surface area (Å²) in [4.78, 5) is 19.3. The monoisotopic (exact) mass is 357 g/mol. The highest BCUT2D eigenvalue weighted by atomic mass is 19.1. The Morgan fingerprint density at radius 1 is 1.12 bits per heavy atom. The number of morpholine rings is 1. The molecule has 0 aliphatic carbocycles. The topological polar surface area (TPSA) is 54.5 Å². The maximum absolute atomic E-state index is 13.3. The van der Waals surface area contributed by atoms with Crippen LogP contribution in [-0.4, -0.2) is 47.6 Å². The molecule has 1 aromatic carbocycles. The molecule has 0 radical (unpaired) electrons. The molecule has 1 aliphatic rings. The first-order valence-electron chi connectivity index (χ1n) is 8.77. The van der Waals surface area contributed by atoms with Crippen LogP contribution in [0.2, 0.25) is 0 Å². The Labute approximate surface area is 153 Å². The van der Waals surface area contributed by atoms with E-state index in [1.807, 2.05) is 26.0 Å².